The van der Waals surface area contributed by atoms with Crippen LogP contribution in [0.25, 0.3) is 0 Å². The molecular formula is C20H24O5. The van der Waals surface area contributed by atoms with Crippen LogP contribution in [0.2, 0.25) is 0 Å². The van der Waals surface area contributed by atoms with Crippen LogP contribution in [0, 0.1) is 5.92 Å². The zero-order chi connectivity index (χ0) is 18.2. The van der Waals surface area contributed by atoms with E-state index in [1.165, 1.54) is 7.11 Å². The van der Waals surface area contributed by atoms with Gasteiger partial charge in [-0.15, -0.1) is 0 Å². The lowest BCUT2D eigenvalue weighted by molar-refractivity contribution is -0.0444. The Morgan fingerprint density at radius 1 is 1.00 bits per heavy atom. The second-order valence-electron chi connectivity index (χ2n) is 6.66. The Kier molecular flexibility index (Phi) is 4.62. The average Bonchev–Trinajstić information content (AvgIpc) is 2.86. The molecule has 0 aliphatic carbocycles. The van der Waals surface area contributed by atoms with Crippen molar-refractivity contribution in [1.82, 2.24) is 0 Å². The third-order valence-corrected chi connectivity index (χ3v) is 5.14. The minimum Gasteiger partial charge on any atom is -0.504 e. The lowest BCUT2D eigenvalue weighted by Gasteiger charge is -2.28. The van der Waals surface area contributed by atoms with E-state index in [9.17, 15) is 10.2 Å². The van der Waals surface area contributed by atoms with Gasteiger partial charge in [-0.05, 0) is 42.3 Å². The summed E-state index contributed by atoms with van der Waals surface area (Å²) in [6.45, 7) is 3.76. The molecule has 4 atom stereocenters. The topological polar surface area (TPSA) is 68.2 Å². The molecule has 0 amide bonds. The second-order valence-corrected chi connectivity index (χ2v) is 6.66. The molecule has 0 aromatic heterocycles. The minimum atomic E-state index is -1.04. The van der Waals surface area contributed by atoms with Crippen molar-refractivity contribution < 1.29 is 24.4 Å². The summed E-state index contributed by atoms with van der Waals surface area (Å²) in [5, 5.41) is 20.9. The van der Waals surface area contributed by atoms with Crippen LogP contribution in [-0.4, -0.2) is 30.0 Å². The largest absolute Gasteiger partial charge is 0.504 e. The van der Waals surface area contributed by atoms with Gasteiger partial charge in [-0.3, -0.25) is 0 Å². The SMILES string of the molecule is COc1ccc([C@H]2O[C@H](c3ccc(O)c(OC)c3)[C@@H](C)[C@]2(C)O)cc1. The Hall–Kier alpha value is -2.24. The summed E-state index contributed by atoms with van der Waals surface area (Å²) in [5.41, 5.74) is 0.717. The van der Waals surface area contributed by atoms with E-state index in [1.807, 2.05) is 31.2 Å². The highest BCUT2D eigenvalue weighted by Gasteiger charge is 2.51. The van der Waals surface area contributed by atoms with Crippen LogP contribution in [-0.2, 0) is 4.74 Å². The molecule has 1 saturated heterocycles. The molecule has 2 N–H and O–H groups in total. The van der Waals surface area contributed by atoms with Crippen molar-refractivity contribution in [2.75, 3.05) is 14.2 Å². The Morgan fingerprint density at radius 2 is 1.64 bits per heavy atom. The van der Waals surface area contributed by atoms with Gasteiger partial charge in [0, 0.05) is 5.92 Å². The van der Waals surface area contributed by atoms with Crippen molar-refractivity contribution in [3.8, 4) is 17.2 Å². The maximum atomic E-state index is 11.1. The molecule has 3 rings (SSSR count). The van der Waals surface area contributed by atoms with Crippen LogP contribution >= 0.6 is 0 Å². The molecule has 0 radical (unpaired) electrons. The molecule has 0 bridgehead atoms. The zero-order valence-electron chi connectivity index (χ0n) is 14.9. The predicted molar refractivity (Wildman–Crippen MR) is 94.0 cm³/mol. The van der Waals surface area contributed by atoms with E-state index in [1.54, 1.807) is 32.2 Å². The molecule has 0 unspecified atom stereocenters. The quantitative estimate of drug-likeness (QED) is 0.887. The van der Waals surface area contributed by atoms with Gasteiger partial charge in [0.15, 0.2) is 11.5 Å². The van der Waals surface area contributed by atoms with Crippen molar-refractivity contribution in [3.63, 3.8) is 0 Å². The number of aromatic hydroxyl groups is 1. The van der Waals surface area contributed by atoms with Crippen LogP contribution in [0.1, 0.15) is 37.2 Å². The van der Waals surface area contributed by atoms with E-state index in [0.29, 0.717) is 5.75 Å². The smallest absolute Gasteiger partial charge is 0.160 e. The monoisotopic (exact) mass is 344 g/mol. The zero-order valence-corrected chi connectivity index (χ0v) is 14.9. The van der Waals surface area contributed by atoms with Gasteiger partial charge in [0.25, 0.3) is 0 Å². The van der Waals surface area contributed by atoms with E-state index >= 15 is 0 Å². The summed E-state index contributed by atoms with van der Waals surface area (Å²) in [7, 11) is 3.13. The molecule has 2 aromatic carbocycles. The number of hydrogen-bond donors (Lipinski definition) is 2. The van der Waals surface area contributed by atoms with E-state index < -0.39 is 11.7 Å². The second kappa shape index (κ2) is 6.58. The maximum Gasteiger partial charge on any atom is 0.160 e. The summed E-state index contributed by atoms with van der Waals surface area (Å²) in [4.78, 5) is 0. The fourth-order valence-electron chi connectivity index (χ4n) is 3.38. The van der Waals surface area contributed by atoms with Crippen LogP contribution in [0.3, 0.4) is 0 Å². The van der Waals surface area contributed by atoms with Crippen molar-refractivity contribution in [1.29, 1.82) is 0 Å². The van der Waals surface area contributed by atoms with Gasteiger partial charge in [-0.1, -0.05) is 25.1 Å². The van der Waals surface area contributed by atoms with E-state index in [4.69, 9.17) is 14.2 Å². The molecule has 1 aliphatic heterocycles. The number of rotatable bonds is 4. The van der Waals surface area contributed by atoms with E-state index in [2.05, 4.69) is 0 Å². The summed E-state index contributed by atoms with van der Waals surface area (Å²) in [6.07, 6.45) is -0.769. The first kappa shape index (κ1) is 17.6. The molecule has 5 nitrogen and oxygen atoms in total. The number of phenolic OH excluding ortho intramolecular Hbond substituents is 1. The fraction of sp³-hybridized carbons (Fsp3) is 0.400. The van der Waals surface area contributed by atoms with Crippen LogP contribution < -0.4 is 9.47 Å². The first-order valence-corrected chi connectivity index (χ1v) is 8.27. The molecule has 2 aromatic rings. The normalized spacial score (nSPS) is 28.8. The molecule has 1 aliphatic rings. The average molecular weight is 344 g/mol. The van der Waals surface area contributed by atoms with Crippen LogP contribution in [0.4, 0.5) is 0 Å². The molecule has 0 saturated carbocycles. The van der Waals surface area contributed by atoms with Gasteiger partial charge in [-0.25, -0.2) is 0 Å². The van der Waals surface area contributed by atoms with Gasteiger partial charge >= 0.3 is 0 Å². The first-order chi connectivity index (χ1) is 11.9. The molecule has 0 spiro atoms. The van der Waals surface area contributed by atoms with Gasteiger partial charge in [0.1, 0.15) is 11.9 Å². The molecule has 5 heteroatoms. The Labute approximate surface area is 147 Å². The fourth-order valence-corrected chi connectivity index (χ4v) is 3.38. The van der Waals surface area contributed by atoms with Gasteiger partial charge in [0.2, 0.25) is 0 Å². The van der Waals surface area contributed by atoms with Crippen molar-refractivity contribution in [2.24, 2.45) is 5.92 Å². The third kappa shape index (κ3) is 3.05. The Bertz CT molecular complexity index is 738. The number of aliphatic hydroxyl groups is 1. The van der Waals surface area contributed by atoms with Crippen molar-refractivity contribution in [3.05, 3.63) is 53.6 Å². The standard InChI is InChI=1S/C20H24O5/c1-12-18(14-7-10-16(21)17(11-14)24-4)25-19(20(12,2)22)13-5-8-15(23-3)9-6-13/h5-12,18-19,21-22H,1-4H3/t12-,18+,19-,20+/m1/s1. The number of phenols is 1. The molecule has 134 valence electrons. The summed E-state index contributed by atoms with van der Waals surface area (Å²) < 4.78 is 16.6. The lowest BCUT2D eigenvalue weighted by Crippen LogP contribution is -2.34. The first-order valence-electron chi connectivity index (χ1n) is 8.27. The van der Waals surface area contributed by atoms with Crippen LogP contribution in [0.15, 0.2) is 42.5 Å². The third-order valence-electron chi connectivity index (χ3n) is 5.14. The highest BCUT2D eigenvalue weighted by molar-refractivity contribution is 5.43. The lowest BCUT2D eigenvalue weighted by atomic mass is 9.81. The Balaban J connectivity index is 1.93. The molecular weight excluding hydrogens is 320 g/mol. The van der Waals surface area contributed by atoms with E-state index in [0.717, 1.165) is 16.9 Å². The molecule has 1 heterocycles. The number of hydrogen-bond acceptors (Lipinski definition) is 5. The Morgan fingerprint density at radius 3 is 2.24 bits per heavy atom. The summed E-state index contributed by atoms with van der Waals surface area (Å²) in [6, 6.07) is 12.7. The summed E-state index contributed by atoms with van der Waals surface area (Å²) >= 11 is 0. The molecule has 1 fully saturated rings. The predicted octanol–water partition coefficient (Wildman–Crippen LogP) is 3.61. The van der Waals surface area contributed by atoms with Crippen molar-refractivity contribution >= 4 is 0 Å². The molecule has 25 heavy (non-hydrogen) atoms. The maximum absolute atomic E-state index is 11.1. The van der Waals surface area contributed by atoms with Gasteiger partial charge < -0.3 is 24.4 Å². The number of ether oxygens (including phenoxy) is 3. The van der Waals surface area contributed by atoms with Crippen LogP contribution in [0.5, 0.6) is 17.2 Å². The number of methoxy groups -OCH3 is 2. The minimum absolute atomic E-state index is 0.0790. The highest BCUT2D eigenvalue weighted by atomic mass is 16.5. The van der Waals surface area contributed by atoms with E-state index in [-0.39, 0.29) is 17.8 Å². The highest BCUT2D eigenvalue weighted by Crippen LogP contribution is 2.52. The van der Waals surface area contributed by atoms with Gasteiger partial charge in [-0.2, -0.15) is 0 Å². The summed E-state index contributed by atoms with van der Waals surface area (Å²) in [5.74, 6) is 1.08. The van der Waals surface area contributed by atoms with Crippen molar-refractivity contribution in [2.45, 2.75) is 31.7 Å². The van der Waals surface area contributed by atoms with Gasteiger partial charge in [0.05, 0.1) is 25.9 Å². The number of benzene rings is 2.